The molecule has 2 unspecified atom stereocenters. The van der Waals surface area contributed by atoms with Crippen LogP contribution in [0.1, 0.15) is 42.5 Å². The first-order valence-electron chi connectivity index (χ1n) is 15.4. The van der Waals surface area contributed by atoms with Crippen LogP contribution in [0.15, 0.2) is 108 Å². The largest absolute Gasteiger partial charge is 0.497 e. The molecule has 2 atom stereocenters. The first-order chi connectivity index (χ1) is 22.0. The van der Waals surface area contributed by atoms with Crippen molar-refractivity contribution in [1.29, 1.82) is 0 Å². The Morgan fingerprint density at radius 1 is 0.870 bits per heavy atom. The van der Waals surface area contributed by atoms with E-state index in [1.807, 2.05) is 82.3 Å². The maximum absolute atomic E-state index is 14.6. The fourth-order valence-electron chi connectivity index (χ4n) is 5.10. The van der Waals surface area contributed by atoms with Crippen molar-refractivity contribution in [2.24, 2.45) is 0 Å². The van der Waals surface area contributed by atoms with E-state index in [-0.39, 0.29) is 35.5 Å². The van der Waals surface area contributed by atoms with Gasteiger partial charge in [-0.2, -0.15) is 0 Å². The number of methoxy groups -OCH3 is 1. The van der Waals surface area contributed by atoms with Crippen LogP contribution in [0.4, 0.5) is 5.69 Å². The Morgan fingerprint density at radius 2 is 1.54 bits per heavy atom. The van der Waals surface area contributed by atoms with Crippen LogP contribution in [0.3, 0.4) is 0 Å². The molecule has 9 heteroatoms. The number of aryl methyl sites for hydroxylation is 2. The maximum Gasteiger partial charge on any atom is 0.264 e. The highest BCUT2D eigenvalue weighted by atomic mass is 32.2. The van der Waals surface area contributed by atoms with Crippen LogP contribution in [0.5, 0.6) is 5.75 Å². The molecule has 0 heterocycles. The molecule has 8 nitrogen and oxygen atoms in total. The number of carbonyl (C=O) groups excluding carboxylic acids is 2. The molecule has 0 spiro atoms. The first-order valence-corrected chi connectivity index (χ1v) is 16.9. The van der Waals surface area contributed by atoms with Crippen LogP contribution in [0.25, 0.3) is 0 Å². The number of carbonyl (C=O) groups is 2. The van der Waals surface area contributed by atoms with E-state index in [2.05, 4.69) is 5.32 Å². The number of nitrogens with one attached hydrogen (secondary N) is 1. The summed E-state index contributed by atoms with van der Waals surface area (Å²) in [6.07, 6.45) is 0.971. The molecule has 0 saturated heterocycles. The number of hydrogen-bond acceptors (Lipinski definition) is 5. The van der Waals surface area contributed by atoms with Gasteiger partial charge in [-0.25, -0.2) is 8.42 Å². The van der Waals surface area contributed by atoms with Crippen molar-refractivity contribution < 1.29 is 22.7 Å². The van der Waals surface area contributed by atoms with Gasteiger partial charge < -0.3 is 15.0 Å². The molecule has 4 aromatic carbocycles. The van der Waals surface area contributed by atoms with Crippen LogP contribution in [0, 0.1) is 13.8 Å². The molecule has 1 N–H and O–H groups in total. The summed E-state index contributed by atoms with van der Waals surface area (Å²) >= 11 is 0. The Bertz CT molecular complexity index is 1730. The molecule has 2 amide bonds. The summed E-state index contributed by atoms with van der Waals surface area (Å²) in [5.74, 6) is -0.364. The van der Waals surface area contributed by atoms with Gasteiger partial charge in [0.1, 0.15) is 18.3 Å². The summed E-state index contributed by atoms with van der Waals surface area (Å²) in [6.45, 7) is 7.32. The zero-order valence-electron chi connectivity index (χ0n) is 27.1. The van der Waals surface area contributed by atoms with Crippen molar-refractivity contribution in [3.8, 4) is 5.75 Å². The standard InChI is InChI=1S/C37H43N3O5S/c1-6-29(4)38-37(42)35(23-30-14-8-7-9-15-30)39(25-31-16-11-10-13-28(31)3)36(41)26-40(32-17-12-18-33(24-32)45-5)46(43,44)34-21-19-27(2)20-22-34/h7-22,24,29,35H,6,23,25-26H2,1-5H3,(H,38,42). The minimum Gasteiger partial charge on any atom is -0.497 e. The maximum atomic E-state index is 14.6. The van der Waals surface area contributed by atoms with Crippen LogP contribution in [0.2, 0.25) is 0 Å². The van der Waals surface area contributed by atoms with Crippen LogP contribution >= 0.6 is 0 Å². The minimum atomic E-state index is -4.20. The highest BCUT2D eigenvalue weighted by Gasteiger charge is 2.35. The van der Waals surface area contributed by atoms with Gasteiger partial charge in [0.2, 0.25) is 11.8 Å². The van der Waals surface area contributed by atoms with Crippen molar-refractivity contribution in [1.82, 2.24) is 10.2 Å². The molecule has 0 aliphatic rings. The van der Waals surface area contributed by atoms with Crippen LogP contribution in [-0.4, -0.2) is 50.9 Å². The van der Waals surface area contributed by atoms with Gasteiger partial charge in [0.15, 0.2) is 0 Å². The summed E-state index contributed by atoms with van der Waals surface area (Å²) in [4.78, 5) is 30.2. The first kappa shape index (κ1) is 34.2. The van der Waals surface area contributed by atoms with E-state index in [1.54, 1.807) is 36.4 Å². The lowest BCUT2D eigenvalue weighted by atomic mass is 10.0. The van der Waals surface area contributed by atoms with Crippen LogP contribution < -0.4 is 14.4 Å². The average Bonchev–Trinajstić information content (AvgIpc) is 3.06. The summed E-state index contributed by atoms with van der Waals surface area (Å²) < 4.78 is 35.0. The molecule has 0 aliphatic carbocycles. The second-order valence-corrected chi connectivity index (χ2v) is 13.4. The second-order valence-electron chi connectivity index (χ2n) is 11.5. The van der Waals surface area contributed by atoms with E-state index in [9.17, 15) is 18.0 Å². The topological polar surface area (TPSA) is 96.0 Å². The summed E-state index contributed by atoms with van der Waals surface area (Å²) in [5, 5.41) is 3.07. The minimum absolute atomic E-state index is 0.0505. The Hall–Kier alpha value is -4.63. The molecule has 242 valence electrons. The lowest BCUT2D eigenvalue weighted by Crippen LogP contribution is -2.54. The second kappa shape index (κ2) is 15.6. The number of nitrogens with zero attached hydrogens (tertiary/aromatic N) is 2. The lowest BCUT2D eigenvalue weighted by Gasteiger charge is -2.34. The molecular weight excluding hydrogens is 598 g/mol. The third kappa shape index (κ3) is 8.54. The van der Waals surface area contributed by atoms with Crippen molar-refractivity contribution in [3.05, 3.63) is 125 Å². The summed E-state index contributed by atoms with van der Waals surface area (Å²) in [7, 11) is -2.71. The molecule has 4 aromatic rings. The third-order valence-corrected chi connectivity index (χ3v) is 9.89. The zero-order chi connectivity index (χ0) is 33.3. The molecule has 4 rings (SSSR count). The zero-order valence-corrected chi connectivity index (χ0v) is 28.0. The average molecular weight is 642 g/mol. The predicted octanol–water partition coefficient (Wildman–Crippen LogP) is 6.06. The highest BCUT2D eigenvalue weighted by Crippen LogP contribution is 2.28. The number of ether oxygens (including phenoxy) is 1. The Balaban J connectivity index is 1.83. The quantitative estimate of drug-likeness (QED) is 0.181. The fraction of sp³-hybridized carbons (Fsp3) is 0.297. The predicted molar refractivity (Wildman–Crippen MR) is 182 cm³/mol. The molecule has 0 aromatic heterocycles. The van der Waals surface area contributed by atoms with E-state index in [4.69, 9.17) is 4.74 Å². The van der Waals surface area contributed by atoms with Gasteiger partial charge in [0.25, 0.3) is 10.0 Å². The third-order valence-electron chi connectivity index (χ3n) is 8.10. The van der Waals surface area contributed by atoms with Gasteiger partial charge in [0.05, 0.1) is 17.7 Å². The summed E-state index contributed by atoms with van der Waals surface area (Å²) in [5.41, 5.74) is 3.88. The van der Waals surface area contributed by atoms with Crippen molar-refractivity contribution in [2.45, 2.75) is 64.1 Å². The molecule has 0 fully saturated rings. The van der Waals surface area contributed by atoms with Gasteiger partial charge in [-0.3, -0.25) is 13.9 Å². The van der Waals surface area contributed by atoms with E-state index in [0.717, 1.165) is 26.6 Å². The van der Waals surface area contributed by atoms with Crippen LogP contribution in [-0.2, 0) is 32.6 Å². The van der Waals surface area contributed by atoms with Gasteiger partial charge in [0, 0.05) is 25.1 Å². The van der Waals surface area contributed by atoms with E-state index in [1.165, 1.54) is 24.1 Å². The monoisotopic (exact) mass is 641 g/mol. The van der Waals surface area contributed by atoms with Gasteiger partial charge in [-0.1, -0.05) is 85.3 Å². The lowest BCUT2D eigenvalue weighted by molar-refractivity contribution is -0.140. The number of benzene rings is 4. The smallest absolute Gasteiger partial charge is 0.264 e. The van der Waals surface area contributed by atoms with E-state index < -0.39 is 28.5 Å². The molecular formula is C37H43N3O5S. The van der Waals surface area contributed by atoms with Crippen molar-refractivity contribution in [3.63, 3.8) is 0 Å². The number of hydrogen-bond donors (Lipinski definition) is 1. The van der Waals surface area contributed by atoms with Crippen molar-refractivity contribution in [2.75, 3.05) is 18.0 Å². The Labute approximate surface area is 273 Å². The number of amides is 2. The van der Waals surface area contributed by atoms with Crippen molar-refractivity contribution >= 4 is 27.5 Å². The number of sulfonamides is 1. The molecule has 0 aliphatic heterocycles. The SMILES string of the molecule is CCC(C)NC(=O)C(Cc1ccccc1)N(Cc1ccccc1C)C(=O)CN(c1cccc(OC)c1)S(=O)(=O)c1ccc(C)cc1. The van der Waals surface area contributed by atoms with Gasteiger partial charge in [-0.15, -0.1) is 0 Å². The van der Waals surface area contributed by atoms with E-state index in [0.29, 0.717) is 12.2 Å². The summed E-state index contributed by atoms with van der Waals surface area (Å²) in [6, 6.07) is 29.3. The fourth-order valence-corrected chi connectivity index (χ4v) is 6.50. The highest BCUT2D eigenvalue weighted by molar-refractivity contribution is 7.92. The van der Waals surface area contributed by atoms with Gasteiger partial charge in [-0.05, 0) is 68.1 Å². The van der Waals surface area contributed by atoms with Gasteiger partial charge >= 0.3 is 0 Å². The normalized spacial score (nSPS) is 12.5. The van der Waals surface area contributed by atoms with E-state index >= 15 is 0 Å². The molecule has 0 saturated carbocycles. The molecule has 0 bridgehead atoms. The number of rotatable bonds is 14. The molecule has 46 heavy (non-hydrogen) atoms. The Kier molecular flexibility index (Phi) is 11.6. The Morgan fingerprint density at radius 3 is 2.20 bits per heavy atom. The number of anilines is 1. The molecule has 0 radical (unpaired) electrons.